The van der Waals surface area contributed by atoms with Crippen molar-refractivity contribution < 1.29 is 12.8 Å². The predicted octanol–water partition coefficient (Wildman–Crippen LogP) is 4.13. The highest BCUT2D eigenvalue weighted by Gasteiger charge is 2.18. The molecule has 0 radical (unpaired) electrons. The summed E-state index contributed by atoms with van der Waals surface area (Å²) in [6.45, 7) is 3.44. The maximum Gasteiger partial charge on any atom is 0.238 e. The van der Waals surface area contributed by atoms with E-state index in [1.165, 1.54) is 30.2 Å². The first kappa shape index (κ1) is 17.6. The average molecular weight is 335 g/mol. The van der Waals surface area contributed by atoms with Gasteiger partial charge in [-0.3, -0.25) is 0 Å². The zero-order valence-corrected chi connectivity index (χ0v) is 14.2. The molecule has 0 saturated carbocycles. The molecule has 3 nitrogen and oxygen atoms in total. The average Bonchev–Trinajstić information content (AvgIpc) is 2.96. The van der Waals surface area contributed by atoms with Crippen LogP contribution >= 0.6 is 0 Å². The van der Waals surface area contributed by atoms with Gasteiger partial charge in [-0.2, -0.15) is 0 Å². The Bertz CT molecular complexity index is 757. The van der Waals surface area contributed by atoms with Gasteiger partial charge in [0.1, 0.15) is 6.17 Å². The van der Waals surface area contributed by atoms with E-state index in [1.54, 1.807) is 18.2 Å². The molecule has 0 fully saturated rings. The summed E-state index contributed by atoms with van der Waals surface area (Å²) in [5, 5.41) is 5.13. The molecule has 23 heavy (non-hydrogen) atoms. The van der Waals surface area contributed by atoms with Gasteiger partial charge in [-0.1, -0.05) is 30.4 Å². The lowest BCUT2D eigenvalue weighted by Gasteiger charge is -2.10. The predicted molar refractivity (Wildman–Crippen MR) is 92.1 cm³/mol. The standard InChI is InChI=1S/C18H22FNO2S/c1-3-14(8-7-13(2)19)17-5-4-6-18(17)15-9-11-16(12-10-15)23(20,21)22/h3,7-13H,4-6H2,1-2H3,(H2,20,21,22)/b8-7-,14-3+. The van der Waals surface area contributed by atoms with Crippen LogP contribution in [0.25, 0.3) is 5.57 Å². The Morgan fingerprint density at radius 3 is 2.43 bits per heavy atom. The highest BCUT2D eigenvalue weighted by molar-refractivity contribution is 7.89. The van der Waals surface area contributed by atoms with Crippen LogP contribution < -0.4 is 5.14 Å². The van der Waals surface area contributed by atoms with Gasteiger partial charge in [0.25, 0.3) is 0 Å². The molecule has 1 aliphatic carbocycles. The number of halogens is 1. The number of sulfonamides is 1. The van der Waals surface area contributed by atoms with Crippen molar-refractivity contribution in [3.05, 3.63) is 59.2 Å². The Morgan fingerprint density at radius 1 is 1.26 bits per heavy atom. The Kier molecular flexibility index (Phi) is 5.55. The summed E-state index contributed by atoms with van der Waals surface area (Å²) >= 11 is 0. The first-order valence-electron chi connectivity index (χ1n) is 7.67. The third kappa shape index (κ3) is 4.39. The summed E-state index contributed by atoms with van der Waals surface area (Å²) in [5.41, 5.74) is 4.41. The molecule has 1 atom stereocenters. The lowest BCUT2D eigenvalue weighted by molar-refractivity contribution is 0.430. The van der Waals surface area contributed by atoms with E-state index in [4.69, 9.17) is 5.14 Å². The minimum absolute atomic E-state index is 0.110. The van der Waals surface area contributed by atoms with E-state index in [2.05, 4.69) is 0 Å². The van der Waals surface area contributed by atoms with Crippen LogP contribution in [0.3, 0.4) is 0 Å². The molecule has 2 rings (SSSR count). The molecule has 2 N–H and O–H groups in total. The number of alkyl halides is 1. The third-order valence-corrected chi connectivity index (χ3v) is 4.88. The van der Waals surface area contributed by atoms with Gasteiger partial charge in [-0.05, 0) is 67.5 Å². The van der Waals surface area contributed by atoms with Crippen LogP contribution in [-0.4, -0.2) is 14.6 Å². The van der Waals surface area contributed by atoms with Crippen LogP contribution in [-0.2, 0) is 10.0 Å². The maximum absolute atomic E-state index is 13.1. The van der Waals surface area contributed by atoms with Gasteiger partial charge in [0.2, 0.25) is 10.0 Å². The second-order valence-corrected chi connectivity index (χ2v) is 7.22. The van der Waals surface area contributed by atoms with E-state index >= 15 is 0 Å². The zero-order chi connectivity index (χ0) is 17.0. The molecular formula is C18H22FNO2S. The molecule has 0 amide bonds. The fraction of sp³-hybridized carbons (Fsp3) is 0.333. The van der Waals surface area contributed by atoms with E-state index in [1.807, 2.05) is 19.1 Å². The van der Waals surface area contributed by atoms with Crippen molar-refractivity contribution in [1.29, 1.82) is 0 Å². The van der Waals surface area contributed by atoms with Crippen molar-refractivity contribution in [1.82, 2.24) is 0 Å². The van der Waals surface area contributed by atoms with Crippen LogP contribution in [0.1, 0.15) is 38.7 Å². The summed E-state index contributed by atoms with van der Waals surface area (Å²) in [5.74, 6) is 0. The number of hydrogen-bond donors (Lipinski definition) is 1. The van der Waals surface area contributed by atoms with Crippen LogP contribution in [0, 0.1) is 0 Å². The van der Waals surface area contributed by atoms with E-state index in [0.717, 1.165) is 30.4 Å². The molecule has 1 unspecified atom stereocenters. The minimum Gasteiger partial charge on any atom is -0.243 e. The molecule has 0 aromatic heterocycles. The Morgan fingerprint density at radius 2 is 1.91 bits per heavy atom. The number of hydrogen-bond acceptors (Lipinski definition) is 2. The van der Waals surface area contributed by atoms with Gasteiger partial charge < -0.3 is 0 Å². The number of rotatable bonds is 5. The van der Waals surface area contributed by atoms with E-state index < -0.39 is 16.2 Å². The second kappa shape index (κ2) is 7.23. The fourth-order valence-corrected chi connectivity index (χ4v) is 3.35. The molecule has 124 valence electrons. The van der Waals surface area contributed by atoms with Gasteiger partial charge in [0.15, 0.2) is 0 Å². The second-order valence-electron chi connectivity index (χ2n) is 5.66. The van der Waals surface area contributed by atoms with Gasteiger partial charge in [0.05, 0.1) is 4.90 Å². The largest absolute Gasteiger partial charge is 0.243 e. The van der Waals surface area contributed by atoms with Crippen molar-refractivity contribution >= 4 is 15.6 Å². The molecule has 0 spiro atoms. The van der Waals surface area contributed by atoms with Crippen LogP contribution in [0.4, 0.5) is 4.39 Å². The monoisotopic (exact) mass is 335 g/mol. The van der Waals surface area contributed by atoms with Crippen molar-refractivity contribution in [3.8, 4) is 0 Å². The Labute approximate surface area is 137 Å². The highest BCUT2D eigenvalue weighted by Crippen LogP contribution is 2.38. The van der Waals surface area contributed by atoms with Crippen molar-refractivity contribution in [3.63, 3.8) is 0 Å². The lowest BCUT2D eigenvalue weighted by Crippen LogP contribution is -2.11. The molecule has 0 heterocycles. The quantitative estimate of drug-likeness (QED) is 0.822. The van der Waals surface area contributed by atoms with Gasteiger partial charge >= 0.3 is 0 Å². The zero-order valence-electron chi connectivity index (χ0n) is 13.4. The van der Waals surface area contributed by atoms with Crippen molar-refractivity contribution in [2.75, 3.05) is 0 Å². The first-order valence-corrected chi connectivity index (χ1v) is 9.21. The van der Waals surface area contributed by atoms with Gasteiger partial charge in [-0.25, -0.2) is 17.9 Å². The van der Waals surface area contributed by atoms with Crippen molar-refractivity contribution in [2.45, 2.75) is 44.2 Å². The van der Waals surface area contributed by atoms with E-state index in [9.17, 15) is 12.8 Å². The molecule has 5 heteroatoms. The number of primary sulfonamides is 1. The molecule has 0 bridgehead atoms. The van der Waals surface area contributed by atoms with Crippen LogP contribution in [0.5, 0.6) is 0 Å². The number of allylic oxidation sites excluding steroid dienone is 6. The summed E-state index contributed by atoms with van der Waals surface area (Å²) in [4.78, 5) is 0.110. The van der Waals surface area contributed by atoms with Crippen LogP contribution in [0.15, 0.2) is 58.5 Å². The van der Waals surface area contributed by atoms with Crippen LogP contribution in [0.2, 0.25) is 0 Å². The van der Waals surface area contributed by atoms with E-state index in [-0.39, 0.29) is 4.90 Å². The summed E-state index contributed by atoms with van der Waals surface area (Å²) in [7, 11) is -3.68. The molecule has 1 aromatic rings. The smallest absolute Gasteiger partial charge is 0.238 e. The fourth-order valence-electron chi connectivity index (χ4n) is 2.83. The molecule has 1 aliphatic rings. The molecule has 0 saturated heterocycles. The maximum atomic E-state index is 13.1. The normalized spacial score (nSPS) is 18.0. The third-order valence-electron chi connectivity index (χ3n) is 3.95. The minimum atomic E-state index is -3.68. The van der Waals surface area contributed by atoms with Crippen molar-refractivity contribution in [2.24, 2.45) is 5.14 Å². The molecule has 0 aliphatic heterocycles. The highest BCUT2D eigenvalue weighted by atomic mass is 32.2. The Balaban J connectivity index is 2.39. The topological polar surface area (TPSA) is 60.2 Å². The van der Waals surface area contributed by atoms with Gasteiger partial charge in [-0.15, -0.1) is 0 Å². The molecular weight excluding hydrogens is 313 g/mol. The Hall–Kier alpha value is -1.72. The number of benzene rings is 1. The van der Waals surface area contributed by atoms with Gasteiger partial charge in [0, 0.05) is 0 Å². The van der Waals surface area contributed by atoms with E-state index in [0.29, 0.717) is 0 Å². The SMILES string of the molecule is C/C=C(\C=C/C(C)F)C1=C(c2ccc(S(N)(=O)=O)cc2)CCC1. The summed E-state index contributed by atoms with van der Waals surface area (Å²) in [6, 6.07) is 6.63. The first-order chi connectivity index (χ1) is 10.8. The summed E-state index contributed by atoms with van der Waals surface area (Å²) < 4.78 is 35.8. The molecule has 1 aromatic carbocycles. The lowest BCUT2D eigenvalue weighted by atomic mass is 9.96. The summed E-state index contributed by atoms with van der Waals surface area (Å²) in [6.07, 6.45) is 7.28. The number of nitrogens with two attached hydrogens (primary N) is 1.